The van der Waals surface area contributed by atoms with Gasteiger partial charge in [-0.1, -0.05) is 25.1 Å². The van der Waals surface area contributed by atoms with Gasteiger partial charge in [-0.2, -0.15) is 0 Å². The predicted octanol–water partition coefficient (Wildman–Crippen LogP) is 2.62. The normalized spacial score (nSPS) is 11.6. The van der Waals surface area contributed by atoms with Crippen molar-refractivity contribution in [3.63, 3.8) is 0 Å². The maximum absolute atomic E-state index is 11.9. The van der Waals surface area contributed by atoms with Crippen molar-refractivity contribution >= 4 is 24.0 Å². The molecule has 0 heterocycles. The van der Waals surface area contributed by atoms with E-state index in [4.69, 9.17) is 4.74 Å². The highest BCUT2D eigenvalue weighted by atomic mass is 35.5. The van der Waals surface area contributed by atoms with E-state index < -0.39 is 0 Å². The molecule has 0 fully saturated rings. The van der Waals surface area contributed by atoms with Crippen molar-refractivity contribution in [2.45, 2.75) is 32.7 Å². The van der Waals surface area contributed by atoms with Gasteiger partial charge in [0.15, 0.2) is 0 Å². The molecule has 2 N–H and O–H groups in total. The van der Waals surface area contributed by atoms with Gasteiger partial charge in [-0.15, -0.1) is 12.4 Å². The number of halogens is 1. The number of aryl methyl sites for hydroxylation is 1. The molecule has 4 nitrogen and oxygen atoms in total. The van der Waals surface area contributed by atoms with Crippen molar-refractivity contribution < 1.29 is 9.53 Å². The van der Waals surface area contributed by atoms with Crippen LogP contribution in [0.4, 0.5) is 5.69 Å². The summed E-state index contributed by atoms with van der Waals surface area (Å²) in [6, 6.07) is 8.05. The van der Waals surface area contributed by atoms with Crippen LogP contribution in [0.2, 0.25) is 0 Å². The largest absolute Gasteiger partial charge is 0.383 e. The van der Waals surface area contributed by atoms with Gasteiger partial charge in [-0.05, 0) is 25.0 Å². The number of rotatable bonds is 8. The Morgan fingerprint density at radius 2 is 2.05 bits per heavy atom. The number of ether oxygens (including phenoxy) is 1. The van der Waals surface area contributed by atoms with E-state index in [1.807, 2.05) is 31.2 Å². The highest BCUT2D eigenvalue weighted by molar-refractivity contribution is 5.91. The number of carbonyl (C=O) groups is 1. The molecule has 1 atom stereocenters. The summed E-state index contributed by atoms with van der Waals surface area (Å²) >= 11 is 0. The molecule has 5 heteroatoms. The number of nitrogens with one attached hydrogen (secondary N) is 2. The van der Waals surface area contributed by atoms with Crippen LogP contribution < -0.4 is 10.6 Å². The second kappa shape index (κ2) is 10.7. The van der Waals surface area contributed by atoms with E-state index in [1.54, 1.807) is 7.11 Å². The molecule has 1 aromatic carbocycles. The third-order valence-electron chi connectivity index (χ3n) is 2.96. The van der Waals surface area contributed by atoms with Crippen LogP contribution in [0.5, 0.6) is 0 Å². The number of hydrogen-bond donors (Lipinski definition) is 2. The molecule has 114 valence electrons. The number of para-hydroxylation sites is 1. The first-order chi connectivity index (χ1) is 9.17. The highest BCUT2D eigenvalue weighted by Crippen LogP contribution is 2.15. The maximum atomic E-state index is 11.9. The van der Waals surface area contributed by atoms with Gasteiger partial charge in [0.1, 0.15) is 0 Å². The summed E-state index contributed by atoms with van der Waals surface area (Å²) in [5.74, 6) is 0.0401. The summed E-state index contributed by atoms with van der Waals surface area (Å²) in [7, 11) is 1.67. The summed E-state index contributed by atoms with van der Waals surface area (Å²) in [5.41, 5.74) is 2.08. The topological polar surface area (TPSA) is 50.4 Å². The van der Waals surface area contributed by atoms with E-state index in [9.17, 15) is 4.79 Å². The SMILES string of the molecule is CCc1ccccc1NC(=O)CC(C)NCCOC.Cl. The molecule has 0 spiro atoms. The lowest BCUT2D eigenvalue weighted by atomic mass is 10.1. The van der Waals surface area contributed by atoms with E-state index in [0.29, 0.717) is 13.0 Å². The van der Waals surface area contributed by atoms with Crippen molar-refractivity contribution in [2.24, 2.45) is 0 Å². The lowest BCUT2D eigenvalue weighted by Crippen LogP contribution is -2.32. The standard InChI is InChI=1S/C15H24N2O2.ClH/c1-4-13-7-5-6-8-14(13)17-15(18)11-12(2)16-9-10-19-3;/h5-8,12,16H,4,9-11H2,1-3H3,(H,17,18);1H. The smallest absolute Gasteiger partial charge is 0.225 e. The average molecular weight is 301 g/mol. The van der Waals surface area contributed by atoms with Crippen LogP contribution >= 0.6 is 12.4 Å². The molecular weight excluding hydrogens is 276 g/mol. The summed E-state index contributed by atoms with van der Waals surface area (Å²) in [6.07, 6.45) is 1.37. The predicted molar refractivity (Wildman–Crippen MR) is 85.7 cm³/mol. The van der Waals surface area contributed by atoms with Crippen molar-refractivity contribution in [2.75, 3.05) is 25.6 Å². The molecule has 0 aliphatic heterocycles. The minimum atomic E-state index is 0. The molecule has 0 saturated heterocycles. The number of hydrogen-bond acceptors (Lipinski definition) is 3. The fraction of sp³-hybridized carbons (Fsp3) is 0.533. The molecule has 0 saturated carbocycles. The van der Waals surface area contributed by atoms with Gasteiger partial charge in [0.2, 0.25) is 5.91 Å². The molecule has 1 amide bonds. The number of amides is 1. The first kappa shape index (κ1) is 18.9. The van der Waals surface area contributed by atoms with Crippen LogP contribution in [-0.2, 0) is 16.0 Å². The summed E-state index contributed by atoms with van der Waals surface area (Å²) < 4.78 is 4.96. The quantitative estimate of drug-likeness (QED) is 0.726. The van der Waals surface area contributed by atoms with Gasteiger partial charge < -0.3 is 15.4 Å². The molecule has 0 aromatic heterocycles. The van der Waals surface area contributed by atoms with E-state index in [0.717, 1.165) is 24.2 Å². The Balaban J connectivity index is 0.00000361. The zero-order valence-electron chi connectivity index (χ0n) is 12.4. The fourth-order valence-electron chi connectivity index (χ4n) is 1.91. The van der Waals surface area contributed by atoms with Gasteiger partial charge >= 0.3 is 0 Å². The summed E-state index contributed by atoms with van der Waals surface area (Å²) in [6.45, 7) is 5.50. The Labute approximate surface area is 127 Å². The van der Waals surface area contributed by atoms with E-state index in [-0.39, 0.29) is 24.4 Å². The Morgan fingerprint density at radius 1 is 1.35 bits per heavy atom. The van der Waals surface area contributed by atoms with Crippen LogP contribution in [0.1, 0.15) is 25.8 Å². The van der Waals surface area contributed by atoms with Gasteiger partial charge in [-0.3, -0.25) is 4.79 Å². The lowest BCUT2D eigenvalue weighted by molar-refractivity contribution is -0.116. The third kappa shape index (κ3) is 6.89. The Hall–Kier alpha value is -1.10. The van der Waals surface area contributed by atoms with Crippen molar-refractivity contribution in [3.05, 3.63) is 29.8 Å². The van der Waals surface area contributed by atoms with Crippen LogP contribution in [0, 0.1) is 0 Å². The Morgan fingerprint density at radius 3 is 2.70 bits per heavy atom. The summed E-state index contributed by atoms with van der Waals surface area (Å²) in [5, 5.41) is 6.22. The van der Waals surface area contributed by atoms with Crippen LogP contribution in [0.25, 0.3) is 0 Å². The third-order valence-corrected chi connectivity index (χ3v) is 2.96. The summed E-state index contributed by atoms with van der Waals surface area (Å²) in [4.78, 5) is 11.9. The van der Waals surface area contributed by atoms with Crippen LogP contribution in [-0.4, -0.2) is 32.2 Å². The van der Waals surface area contributed by atoms with E-state index in [2.05, 4.69) is 17.6 Å². The van der Waals surface area contributed by atoms with Crippen molar-refractivity contribution in [1.29, 1.82) is 0 Å². The second-order valence-electron chi connectivity index (χ2n) is 4.61. The molecule has 0 aliphatic rings. The van der Waals surface area contributed by atoms with E-state index >= 15 is 0 Å². The molecule has 0 aliphatic carbocycles. The van der Waals surface area contributed by atoms with Gasteiger partial charge in [0, 0.05) is 31.8 Å². The molecule has 20 heavy (non-hydrogen) atoms. The Bertz CT molecular complexity index is 399. The fourth-order valence-corrected chi connectivity index (χ4v) is 1.91. The molecule has 1 rings (SSSR count). The number of benzene rings is 1. The molecule has 0 radical (unpaired) electrons. The van der Waals surface area contributed by atoms with Gasteiger partial charge in [0.25, 0.3) is 0 Å². The van der Waals surface area contributed by atoms with Gasteiger partial charge in [0.05, 0.1) is 6.61 Å². The van der Waals surface area contributed by atoms with Crippen molar-refractivity contribution in [1.82, 2.24) is 5.32 Å². The molecule has 1 unspecified atom stereocenters. The molecule has 1 aromatic rings. The second-order valence-corrected chi connectivity index (χ2v) is 4.61. The molecular formula is C15H25ClN2O2. The van der Waals surface area contributed by atoms with Crippen LogP contribution in [0.3, 0.4) is 0 Å². The zero-order chi connectivity index (χ0) is 14.1. The Kier molecular flexibility index (Phi) is 10.1. The first-order valence-corrected chi connectivity index (χ1v) is 6.77. The monoisotopic (exact) mass is 300 g/mol. The minimum absolute atomic E-state index is 0. The van der Waals surface area contributed by atoms with Crippen LogP contribution in [0.15, 0.2) is 24.3 Å². The van der Waals surface area contributed by atoms with E-state index in [1.165, 1.54) is 0 Å². The minimum Gasteiger partial charge on any atom is -0.383 e. The average Bonchev–Trinajstić information content (AvgIpc) is 2.39. The van der Waals surface area contributed by atoms with Crippen molar-refractivity contribution in [3.8, 4) is 0 Å². The highest BCUT2D eigenvalue weighted by Gasteiger charge is 2.10. The number of carbonyl (C=O) groups excluding carboxylic acids is 1. The number of methoxy groups -OCH3 is 1. The maximum Gasteiger partial charge on any atom is 0.225 e. The zero-order valence-corrected chi connectivity index (χ0v) is 13.3. The molecule has 0 bridgehead atoms. The van der Waals surface area contributed by atoms with Gasteiger partial charge in [-0.25, -0.2) is 0 Å². The lowest BCUT2D eigenvalue weighted by Gasteiger charge is -2.14. The number of anilines is 1. The first-order valence-electron chi connectivity index (χ1n) is 6.77.